The van der Waals surface area contributed by atoms with Crippen LogP contribution >= 0.6 is 11.6 Å². The average Bonchev–Trinajstić information content (AvgIpc) is 2.80. The van der Waals surface area contributed by atoms with E-state index in [2.05, 4.69) is 19.1 Å². The fourth-order valence-corrected chi connectivity index (χ4v) is 1.93. The molecule has 0 radical (unpaired) electrons. The number of aryl methyl sites for hydroxylation is 1. The molecule has 1 aromatic rings. The summed E-state index contributed by atoms with van der Waals surface area (Å²) in [5, 5.41) is 0.870. The minimum atomic E-state index is -0.0680. The maximum Gasteiger partial charge on any atom is 0.0467 e. The Labute approximate surface area is 83.9 Å². The van der Waals surface area contributed by atoms with Gasteiger partial charge >= 0.3 is 0 Å². The lowest BCUT2D eigenvalue weighted by molar-refractivity contribution is 0.733. The molecule has 0 amide bonds. The summed E-state index contributed by atoms with van der Waals surface area (Å²) in [5.41, 5.74) is 9.57. The second kappa shape index (κ2) is 2.73. The molecule has 0 atom stereocenters. The summed E-state index contributed by atoms with van der Waals surface area (Å²) in [6.45, 7) is 4.08. The first-order valence-electron chi connectivity index (χ1n) is 4.60. The molecule has 2 N–H and O–H groups in total. The number of nitrogens with two attached hydrogens (primary N) is 1. The molecule has 70 valence electrons. The van der Waals surface area contributed by atoms with Gasteiger partial charge in [0.2, 0.25) is 0 Å². The molecule has 0 aliphatic heterocycles. The maximum atomic E-state index is 6.16. The predicted molar refractivity (Wildman–Crippen MR) is 56.0 cm³/mol. The Morgan fingerprint density at radius 1 is 1.31 bits per heavy atom. The Bertz CT molecular complexity index is 353. The third-order valence-corrected chi connectivity index (χ3v) is 3.49. The average molecular weight is 196 g/mol. The molecule has 0 saturated heterocycles. The molecule has 2 rings (SSSR count). The van der Waals surface area contributed by atoms with Crippen LogP contribution < -0.4 is 5.73 Å². The van der Waals surface area contributed by atoms with E-state index in [0.717, 1.165) is 29.0 Å². The van der Waals surface area contributed by atoms with E-state index >= 15 is 0 Å². The molecule has 0 unspecified atom stereocenters. The molecule has 1 nitrogen and oxygen atoms in total. The Morgan fingerprint density at radius 2 is 1.92 bits per heavy atom. The van der Waals surface area contributed by atoms with Gasteiger partial charge in [0.1, 0.15) is 0 Å². The van der Waals surface area contributed by atoms with Crippen LogP contribution in [0, 0.1) is 13.8 Å². The zero-order valence-corrected chi connectivity index (χ0v) is 8.78. The second-order valence-corrected chi connectivity index (χ2v) is 4.40. The smallest absolute Gasteiger partial charge is 0.0467 e. The van der Waals surface area contributed by atoms with Gasteiger partial charge in [-0.05, 0) is 43.4 Å². The van der Waals surface area contributed by atoms with Gasteiger partial charge in [0.25, 0.3) is 0 Å². The van der Waals surface area contributed by atoms with Crippen molar-refractivity contribution in [3.8, 4) is 0 Å². The lowest BCUT2D eigenvalue weighted by atomic mass is 9.98. The third-order valence-electron chi connectivity index (χ3n) is 2.90. The van der Waals surface area contributed by atoms with Crippen LogP contribution in [-0.4, -0.2) is 0 Å². The first-order chi connectivity index (χ1) is 6.04. The number of hydrogen-bond donors (Lipinski definition) is 1. The molecule has 1 saturated carbocycles. The topological polar surface area (TPSA) is 26.0 Å². The normalized spacial score (nSPS) is 18.8. The van der Waals surface area contributed by atoms with Gasteiger partial charge < -0.3 is 5.73 Å². The number of hydrogen-bond acceptors (Lipinski definition) is 1. The van der Waals surface area contributed by atoms with Crippen molar-refractivity contribution in [2.45, 2.75) is 32.2 Å². The largest absolute Gasteiger partial charge is 0.321 e. The van der Waals surface area contributed by atoms with Gasteiger partial charge in [-0.1, -0.05) is 23.7 Å². The van der Waals surface area contributed by atoms with Crippen LogP contribution in [0.25, 0.3) is 0 Å². The fourth-order valence-electron chi connectivity index (χ4n) is 1.76. The molecule has 1 fully saturated rings. The lowest BCUT2D eigenvalue weighted by Gasteiger charge is -2.15. The molecular formula is C11H14ClN. The highest BCUT2D eigenvalue weighted by Gasteiger charge is 2.41. The Balaban J connectivity index is 2.54. The van der Waals surface area contributed by atoms with Crippen molar-refractivity contribution in [2.75, 3.05) is 0 Å². The minimum Gasteiger partial charge on any atom is -0.321 e. The van der Waals surface area contributed by atoms with Crippen molar-refractivity contribution in [1.29, 1.82) is 0 Å². The van der Waals surface area contributed by atoms with Crippen molar-refractivity contribution in [3.05, 3.63) is 33.8 Å². The summed E-state index contributed by atoms with van der Waals surface area (Å²) in [7, 11) is 0. The zero-order chi connectivity index (χ0) is 9.64. The van der Waals surface area contributed by atoms with Crippen LogP contribution in [-0.2, 0) is 5.54 Å². The van der Waals surface area contributed by atoms with E-state index in [-0.39, 0.29) is 5.54 Å². The molecule has 2 heteroatoms. The molecule has 1 aliphatic carbocycles. The monoisotopic (exact) mass is 195 g/mol. The van der Waals surface area contributed by atoms with E-state index in [1.807, 2.05) is 6.92 Å². The third kappa shape index (κ3) is 1.36. The molecule has 0 heterocycles. The molecule has 0 bridgehead atoms. The number of halogens is 1. The van der Waals surface area contributed by atoms with Crippen LogP contribution in [0.2, 0.25) is 5.02 Å². The molecular weight excluding hydrogens is 182 g/mol. The van der Waals surface area contributed by atoms with Crippen molar-refractivity contribution < 1.29 is 0 Å². The van der Waals surface area contributed by atoms with Crippen LogP contribution in [0.4, 0.5) is 0 Å². The van der Waals surface area contributed by atoms with Crippen LogP contribution in [0.3, 0.4) is 0 Å². The molecule has 0 aromatic heterocycles. The van der Waals surface area contributed by atoms with Gasteiger partial charge in [-0.2, -0.15) is 0 Å². The Morgan fingerprint density at radius 3 is 2.46 bits per heavy atom. The molecule has 1 aliphatic rings. The van der Waals surface area contributed by atoms with E-state index in [4.69, 9.17) is 17.3 Å². The Kier molecular flexibility index (Phi) is 1.90. The lowest BCUT2D eigenvalue weighted by Crippen LogP contribution is -2.20. The van der Waals surface area contributed by atoms with E-state index < -0.39 is 0 Å². The van der Waals surface area contributed by atoms with Crippen molar-refractivity contribution in [1.82, 2.24) is 0 Å². The van der Waals surface area contributed by atoms with E-state index in [1.54, 1.807) is 0 Å². The summed E-state index contributed by atoms with van der Waals surface area (Å²) in [4.78, 5) is 0. The highest BCUT2D eigenvalue weighted by atomic mass is 35.5. The summed E-state index contributed by atoms with van der Waals surface area (Å²) >= 11 is 6.16. The number of benzene rings is 1. The standard InChI is InChI=1S/C11H14ClN/c1-7-3-4-9(8(2)10(7)12)11(13)5-6-11/h3-4H,5-6,13H2,1-2H3. The van der Waals surface area contributed by atoms with Crippen molar-refractivity contribution in [3.63, 3.8) is 0 Å². The zero-order valence-electron chi connectivity index (χ0n) is 8.02. The first-order valence-corrected chi connectivity index (χ1v) is 4.97. The maximum absolute atomic E-state index is 6.16. The van der Waals surface area contributed by atoms with E-state index in [0.29, 0.717) is 0 Å². The summed E-state index contributed by atoms with van der Waals surface area (Å²) in [6.07, 6.45) is 2.18. The quantitative estimate of drug-likeness (QED) is 0.733. The van der Waals surface area contributed by atoms with Crippen molar-refractivity contribution in [2.24, 2.45) is 5.73 Å². The summed E-state index contributed by atoms with van der Waals surface area (Å²) < 4.78 is 0. The van der Waals surface area contributed by atoms with Gasteiger partial charge in [0.15, 0.2) is 0 Å². The van der Waals surface area contributed by atoms with Gasteiger partial charge in [-0.3, -0.25) is 0 Å². The van der Waals surface area contributed by atoms with E-state index in [9.17, 15) is 0 Å². The summed E-state index contributed by atoms with van der Waals surface area (Å²) in [6, 6.07) is 4.17. The molecule has 0 spiro atoms. The highest BCUT2D eigenvalue weighted by molar-refractivity contribution is 6.32. The van der Waals surface area contributed by atoms with Gasteiger partial charge in [-0.15, -0.1) is 0 Å². The minimum absolute atomic E-state index is 0.0680. The first kappa shape index (κ1) is 9.04. The van der Waals surface area contributed by atoms with E-state index in [1.165, 1.54) is 5.56 Å². The summed E-state index contributed by atoms with van der Waals surface area (Å²) in [5.74, 6) is 0. The van der Waals surface area contributed by atoms with Crippen LogP contribution in [0.1, 0.15) is 29.5 Å². The van der Waals surface area contributed by atoms with Gasteiger partial charge in [-0.25, -0.2) is 0 Å². The SMILES string of the molecule is Cc1ccc(C2(N)CC2)c(C)c1Cl. The fraction of sp³-hybridized carbons (Fsp3) is 0.455. The van der Waals surface area contributed by atoms with Crippen LogP contribution in [0.5, 0.6) is 0 Å². The predicted octanol–water partition coefficient (Wildman–Crippen LogP) is 2.90. The second-order valence-electron chi connectivity index (χ2n) is 4.03. The van der Waals surface area contributed by atoms with Crippen LogP contribution in [0.15, 0.2) is 12.1 Å². The van der Waals surface area contributed by atoms with Crippen molar-refractivity contribution >= 4 is 11.6 Å². The van der Waals surface area contributed by atoms with Gasteiger partial charge in [0.05, 0.1) is 0 Å². The molecule has 1 aromatic carbocycles. The Hall–Kier alpha value is -0.530. The highest BCUT2D eigenvalue weighted by Crippen LogP contribution is 2.45. The molecule has 13 heavy (non-hydrogen) atoms. The van der Waals surface area contributed by atoms with Gasteiger partial charge in [0, 0.05) is 10.6 Å². The number of rotatable bonds is 1.